The van der Waals surface area contributed by atoms with Crippen LogP contribution in [-0.2, 0) is 16.0 Å². The van der Waals surface area contributed by atoms with Crippen LogP contribution in [0.3, 0.4) is 0 Å². The molecule has 0 saturated carbocycles. The fourth-order valence-corrected chi connectivity index (χ4v) is 4.41. The Morgan fingerprint density at radius 3 is 2.59 bits per heavy atom. The van der Waals surface area contributed by atoms with E-state index in [1.807, 2.05) is 36.4 Å². The molecule has 2 heterocycles. The monoisotopic (exact) mass is 444 g/mol. The van der Waals surface area contributed by atoms with Gasteiger partial charge >= 0.3 is 5.97 Å². The summed E-state index contributed by atoms with van der Waals surface area (Å²) >= 11 is 0. The molecule has 2 aliphatic heterocycles. The summed E-state index contributed by atoms with van der Waals surface area (Å²) in [5.74, 6) is 1.31. The lowest BCUT2D eigenvalue weighted by atomic mass is 9.77. The maximum atomic E-state index is 12.3. The number of benzene rings is 2. The Morgan fingerprint density at radius 1 is 1.12 bits per heavy atom. The van der Waals surface area contributed by atoms with Crippen molar-refractivity contribution in [3.63, 3.8) is 0 Å². The number of hydrogen-bond acceptors (Lipinski definition) is 9. The van der Waals surface area contributed by atoms with Crippen molar-refractivity contribution in [2.24, 2.45) is 5.92 Å². The van der Waals surface area contributed by atoms with E-state index in [9.17, 15) is 9.90 Å². The number of hydrogen-bond donors (Lipinski definition) is 3. The number of rotatable bonds is 8. The maximum Gasteiger partial charge on any atom is 0.306 e. The van der Waals surface area contributed by atoms with Crippen LogP contribution in [0.4, 0.5) is 0 Å². The van der Waals surface area contributed by atoms with Crippen molar-refractivity contribution in [1.82, 2.24) is 10.9 Å². The molecule has 3 N–H and O–H groups in total. The van der Waals surface area contributed by atoms with Gasteiger partial charge in [-0.3, -0.25) is 10.2 Å². The Labute approximate surface area is 186 Å². The molecule has 2 aliphatic rings. The third-order valence-electron chi connectivity index (χ3n) is 6.05. The van der Waals surface area contributed by atoms with Crippen LogP contribution in [0, 0.1) is 5.92 Å². The predicted molar refractivity (Wildman–Crippen MR) is 115 cm³/mol. The molecular weight excluding hydrogens is 416 g/mol. The molecule has 0 spiro atoms. The summed E-state index contributed by atoms with van der Waals surface area (Å²) in [7, 11) is 4.54. The third-order valence-corrected chi connectivity index (χ3v) is 6.05. The fourth-order valence-electron chi connectivity index (χ4n) is 4.41. The molecule has 0 aromatic heterocycles. The first-order valence-electron chi connectivity index (χ1n) is 10.4. The Balaban J connectivity index is 1.67. The second-order valence-corrected chi connectivity index (χ2v) is 7.81. The molecule has 0 radical (unpaired) electrons. The van der Waals surface area contributed by atoms with Crippen molar-refractivity contribution in [3.8, 4) is 23.0 Å². The van der Waals surface area contributed by atoms with E-state index >= 15 is 0 Å². The summed E-state index contributed by atoms with van der Waals surface area (Å²) < 4.78 is 26.8. The van der Waals surface area contributed by atoms with Gasteiger partial charge in [0.2, 0.25) is 12.5 Å². The smallest absolute Gasteiger partial charge is 0.306 e. The van der Waals surface area contributed by atoms with Gasteiger partial charge in [0.1, 0.15) is 12.0 Å². The zero-order valence-electron chi connectivity index (χ0n) is 18.3. The Kier molecular flexibility index (Phi) is 6.69. The van der Waals surface area contributed by atoms with E-state index in [1.165, 1.54) is 7.11 Å². The van der Waals surface area contributed by atoms with Gasteiger partial charge < -0.3 is 28.8 Å². The average Bonchev–Trinajstić information content (AvgIpc) is 3.43. The van der Waals surface area contributed by atoms with Gasteiger partial charge in [-0.15, -0.1) is 0 Å². The Bertz CT molecular complexity index is 950. The molecular formula is C23H28N2O7. The van der Waals surface area contributed by atoms with Gasteiger partial charge in [0.25, 0.3) is 0 Å². The highest BCUT2D eigenvalue weighted by atomic mass is 16.7. The summed E-state index contributed by atoms with van der Waals surface area (Å²) in [6.07, 6.45) is -0.147. The van der Waals surface area contributed by atoms with E-state index in [4.69, 9.17) is 23.7 Å². The highest BCUT2D eigenvalue weighted by Crippen LogP contribution is 2.46. The minimum atomic E-state index is -0.871. The molecule has 172 valence electrons. The lowest BCUT2D eigenvalue weighted by Crippen LogP contribution is -2.36. The fraction of sp³-hybridized carbons (Fsp3) is 0.435. The largest absolute Gasteiger partial charge is 0.497 e. The van der Waals surface area contributed by atoms with E-state index < -0.39 is 6.23 Å². The number of nitrogens with one attached hydrogen (secondary N) is 2. The van der Waals surface area contributed by atoms with Crippen LogP contribution < -0.4 is 29.8 Å². The molecule has 2 aromatic rings. The second-order valence-electron chi connectivity index (χ2n) is 7.81. The molecule has 9 heteroatoms. The Morgan fingerprint density at radius 2 is 1.91 bits per heavy atom. The first kappa shape index (κ1) is 22.2. The molecule has 0 bridgehead atoms. The number of fused-ring (bicyclic) bond motifs is 1. The summed E-state index contributed by atoms with van der Waals surface area (Å²) in [6, 6.07) is 11.3. The Hall–Kier alpha value is -3.01. The first-order valence-corrected chi connectivity index (χ1v) is 10.4. The lowest BCUT2D eigenvalue weighted by Gasteiger charge is -2.29. The topological polar surface area (TPSA) is 108 Å². The molecule has 0 aliphatic carbocycles. The van der Waals surface area contributed by atoms with Gasteiger partial charge in [0.15, 0.2) is 11.5 Å². The van der Waals surface area contributed by atoms with Crippen LogP contribution in [-0.4, -0.2) is 51.5 Å². The molecule has 9 nitrogen and oxygen atoms in total. The molecule has 4 unspecified atom stereocenters. The van der Waals surface area contributed by atoms with Gasteiger partial charge in [-0.25, -0.2) is 5.43 Å². The van der Waals surface area contributed by atoms with Gasteiger partial charge in [-0.1, -0.05) is 12.1 Å². The number of carbonyl (C=O) groups excluding carboxylic acids is 1. The molecule has 0 amide bonds. The number of carbonyl (C=O) groups is 1. The number of ether oxygens (including phenoxy) is 5. The number of methoxy groups -OCH3 is 3. The highest BCUT2D eigenvalue weighted by molar-refractivity contribution is 5.71. The van der Waals surface area contributed by atoms with E-state index in [2.05, 4.69) is 10.9 Å². The zero-order chi connectivity index (χ0) is 22.7. The minimum Gasteiger partial charge on any atom is -0.497 e. The molecule has 32 heavy (non-hydrogen) atoms. The molecule has 1 fully saturated rings. The van der Waals surface area contributed by atoms with Crippen molar-refractivity contribution < 1.29 is 33.6 Å². The van der Waals surface area contributed by atoms with Crippen molar-refractivity contribution in [3.05, 3.63) is 47.5 Å². The summed E-state index contributed by atoms with van der Waals surface area (Å²) in [5.41, 5.74) is 7.98. The molecule has 4 rings (SSSR count). The van der Waals surface area contributed by atoms with Crippen LogP contribution in [0.25, 0.3) is 0 Å². The van der Waals surface area contributed by atoms with Crippen molar-refractivity contribution in [2.45, 2.75) is 31.0 Å². The number of aliphatic hydroxyl groups is 1. The van der Waals surface area contributed by atoms with Gasteiger partial charge in [0, 0.05) is 17.9 Å². The summed E-state index contributed by atoms with van der Waals surface area (Å²) in [5, 5.41) is 10.8. The maximum absolute atomic E-state index is 12.3. The second kappa shape index (κ2) is 9.64. The SMILES string of the molecule is COC(=O)CC(c1cc(OC)c2c(c1)OCO2)C1C(O)NNC1Cc1ccc(OC)cc1. The standard InChI is InChI=1S/C23H28N2O7/c1-28-15-6-4-13(5-7-15)8-17-21(23(27)25-24-17)16(11-20(26)30-3)14-9-18(29-2)22-19(10-14)31-12-32-22/h4-7,9-10,16-17,21,23-25,27H,8,11-12H2,1-3H3. The van der Waals surface area contributed by atoms with Gasteiger partial charge in [0.05, 0.1) is 27.8 Å². The quantitative estimate of drug-likeness (QED) is 0.525. The average molecular weight is 444 g/mol. The highest BCUT2D eigenvalue weighted by Gasteiger charge is 2.42. The van der Waals surface area contributed by atoms with E-state index in [1.54, 1.807) is 14.2 Å². The van der Waals surface area contributed by atoms with Gasteiger partial charge in [-0.2, -0.15) is 0 Å². The zero-order valence-corrected chi connectivity index (χ0v) is 18.3. The van der Waals surface area contributed by atoms with E-state index in [0.717, 1.165) is 16.9 Å². The normalized spacial score (nSPS) is 22.4. The van der Waals surface area contributed by atoms with Crippen LogP contribution >= 0.6 is 0 Å². The van der Waals surface area contributed by atoms with E-state index in [0.29, 0.717) is 23.7 Å². The number of esters is 1. The van der Waals surface area contributed by atoms with Crippen LogP contribution in [0.1, 0.15) is 23.5 Å². The van der Waals surface area contributed by atoms with Crippen LogP contribution in [0.15, 0.2) is 36.4 Å². The molecule has 2 aromatic carbocycles. The van der Waals surface area contributed by atoms with E-state index in [-0.39, 0.29) is 37.1 Å². The molecule has 4 atom stereocenters. The summed E-state index contributed by atoms with van der Waals surface area (Å²) in [6.45, 7) is 0.103. The predicted octanol–water partition coefficient (Wildman–Crippen LogP) is 1.73. The summed E-state index contributed by atoms with van der Waals surface area (Å²) in [4.78, 5) is 12.3. The third kappa shape index (κ3) is 4.45. The van der Waals surface area contributed by atoms with Crippen LogP contribution in [0.2, 0.25) is 0 Å². The van der Waals surface area contributed by atoms with Crippen molar-refractivity contribution >= 4 is 5.97 Å². The first-order chi connectivity index (χ1) is 15.5. The number of aliphatic hydroxyl groups excluding tert-OH is 1. The van der Waals surface area contributed by atoms with Crippen LogP contribution in [0.5, 0.6) is 23.0 Å². The molecule has 1 saturated heterocycles. The minimum absolute atomic E-state index is 0.0868. The number of hydrazine groups is 1. The lowest BCUT2D eigenvalue weighted by molar-refractivity contribution is -0.141. The van der Waals surface area contributed by atoms with Gasteiger partial charge in [-0.05, 0) is 41.8 Å². The van der Waals surface area contributed by atoms with Crippen molar-refractivity contribution in [1.29, 1.82) is 0 Å². The van der Waals surface area contributed by atoms with Crippen molar-refractivity contribution in [2.75, 3.05) is 28.1 Å².